The number of furan rings is 1. The van der Waals surface area contributed by atoms with E-state index in [1.807, 2.05) is 0 Å². The third-order valence-corrected chi connectivity index (χ3v) is 6.05. The number of nitrogens with zero attached hydrogens (tertiary/aromatic N) is 1. The number of carbonyl (C=O) groups excluding carboxylic acids is 2. The Morgan fingerprint density at radius 2 is 1.96 bits per heavy atom. The lowest BCUT2D eigenvalue weighted by Crippen LogP contribution is -2.11. The number of rotatable bonds is 7. The zero-order chi connectivity index (χ0) is 20.1. The molecule has 0 saturated carbocycles. The van der Waals surface area contributed by atoms with E-state index in [-0.39, 0.29) is 34.5 Å². The van der Waals surface area contributed by atoms with Crippen LogP contribution in [-0.2, 0) is 31.7 Å². The first-order valence-corrected chi connectivity index (χ1v) is 10.6. The van der Waals surface area contributed by atoms with Gasteiger partial charge in [0, 0.05) is 17.9 Å². The normalized spacial score (nSPS) is 11.2. The molecule has 0 bridgehead atoms. The van der Waals surface area contributed by atoms with E-state index in [0.717, 1.165) is 0 Å². The van der Waals surface area contributed by atoms with Crippen LogP contribution in [0.5, 0.6) is 0 Å². The van der Waals surface area contributed by atoms with Crippen molar-refractivity contribution in [1.82, 2.24) is 4.98 Å². The van der Waals surface area contributed by atoms with Crippen molar-refractivity contribution in [3.63, 3.8) is 0 Å². The Hall–Kier alpha value is -2.98. The lowest BCUT2D eigenvalue weighted by Gasteiger charge is -2.05. The fourth-order valence-corrected chi connectivity index (χ4v) is 4.45. The molecule has 0 fully saturated rings. The van der Waals surface area contributed by atoms with Crippen molar-refractivity contribution in [1.29, 1.82) is 0 Å². The van der Waals surface area contributed by atoms with Crippen LogP contribution in [0.3, 0.4) is 0 Å². The number of benzene rings is 1. The molecule has 3 aromatic rings. The number of aromatic nitrogens is 1. The molecule has 0 aliphatic heterocycles. The predicted octanol–water partition coefficient (Wildman–Crippen LogP) is 3.03. The van der Waals surface area contributed by atoms with Gasteiger partial charge in [-0.3, -0.25) is 4.79 Å². The van der Waals surface area contributed by atoms with Gasteiger partial charge in [-0.2, -0.15) is 0 Å². The molecule has 146 valence electrons. The molecule has 0 spiro atoms. The molecule has 0 saturated heterocycles. The largest absolute Gasteiger partial charge is 0.457 e. The molecule has 1 aromatic carbocycles. The summed E-state index contributed by atoms with van der Waals surface area (Å²) in [5.74, 6) is -1.60. The first kappa shape index (κ1) is 19.8. The topological polar surface area (TPSA) is 116 Å². The zero-order valence-electron chi connectivity index (χ0n) is 14.7. The van der Waals surface area contributed by atoms with Gasteiger partial charge in [0.1, 0.15) is 6.61 Å². The van der Waals surface area contributed by atoms with Gasteiger partial charge < -0.3 is 14.5 Å². The second-order valence-electron chi connectivity index (χ2n) is 5.75. The average molecular weight is 420 g/mol. The van der Waals surface area contributed by atoms with E-state index in [2.05, 4.69) is 10.3 Å². The minimum Gasteiger partial charge on any atom is -0.457 e. The Morgan fingerprint density at radius 3 is 2.68 bits per heavy atom. The fourth-order valence-electron chi connectivity index (χ4n) is 2.33. The third kappa shape index (κ3) is 4.84. The minimum atomic E-state index is -3.63. The van der Waals surface area contributed by atoms with Crippen LogP contribution >= 0.6 is 11.3 Å². The van der Waals surface area contributed by atoms with Crippen LogP contribution in [0.25, 0.3) is 0 Å². The van der Waals surface area contributed by atoms with Gasteiger partial charge in [-0.15, -0.1) is 11.3 Å². The number of esters is 1. The molecule has 3 rings (SSSR count). The van der Waals surface area contributed by atoms with E-state index >= 15 is 0 Å². The second kappa shape index (κ2) is 8.36. The smallest absolute Gasteiger partial charge is 0.374 e. The molecule has 2 aromatic heterocycles. The van der Waals surface area contributed by atoms with Gasteiger partial charge in [0.2, 0.25) is 11.7 Å². The van der Waals surface area contributed by atoms with E-state index < -0.39 is 15.8 Å². The number of ether oxygens (including phenoxy) is 1. The highest BCUT2D eigenvalue weighted by molar-refractivity contribution is 7.90. The van der Waals surface area contributed by atoms with Gasteiger partial charge in [-0.1, -0.05) is 18.2 Å². The molecule has 0 aliphatic carbocycles. The minimum absolute atomic E-state index is 0.138. The summed E-state index contributed by atoms with van der Waals surface area (Å²) in [7, 11) is -3.63. The van der Waals surface area contributed by atoms with Crippen LogP contribution in [0.15, 0.2) is 57.4 Å². The molecule has 0 atom stereocenters. The van der Waals surface area contributed by atoms with Crippen molar-refractivity contribution < 1.29 is 27.2 Å². The molecule has 1 amide bonds. The first-order valence-electron chi connectivity index (χ1n) is 8.08. The maximum Gasteiger partial charge on any atom is 0.374 e. The summed E-state index contributed by atoms with van der Waals surface area (Å²) < 4.78 is 35.3. The summed E-state index contributed by atoms with van der Waals surface area (Å²) in [4.78, 5) is 27.6. The number of anilines is 1. The van der Waals surface area contributed by atoms with E-state index in [1.165, 1.54) is 42.7 Å². The van der Waals surface area contributed by atoms with Crippen LogP contribution in [0.2, 0.25) is 0 Å². The van der Waals surface area contributed by atoms with E-state index in [1.54, 1.807) is 23.6 Å². The van der Waals surface area contributed by atoms with Crippen molar-refractivity contribution in [2.24, 2.45) is 0 Å². The molecule has 0 unspecified atom stereocenters. The monoisotopic (exact) mass is 420 g/mol. The molecule has 2 heterocycles. The Kier molecular flexibility index (Phi) is 5.90. The quantitative estimate of drug-likeness (QED) is 0.584. The standard InChI is InChI=1S/C18H16N2O6S2/c1-12(21)19-18-20-14(10-27-18)9-26-17(22)16-13(7-8-25-16)11-28(23,24)15-5-3-2-4-6-15/h2-8,10H,9,11H2,1H3,(H,19,20,21). The van der Waals surface area contributed by atoms with Crippen LogP contribution in [-0.4, -0.2) is 25.3 Å². The number of nitrogens with one attached hydrogen (secondary N) is 1. The second-order valence-corrected chi connectivity index (χ2v) is 8.60. The van der Waals surface area contributed by atoms with Gasteiger partial charge in [-0.25, -0.2) is 18.2 Å². The Balaban J connectivity index is 1.67. The van der Waals surface area contributed by atoms with E-state index in [0.29, 0.717) is 10.8 Å². The number of sulfone groups is 1. The number of thiazole rings is 1. The maximum atomic E-state index is 12.5. The van der Waals surface area contributed by atoms with Crippen molar-refractivity contribution in [2.75, 3.05) is 5.32 Å². The van der Waals surface area contributed by atoms with Crippen molar-refractivity contribution >= 4 is 38.2 Å². The van der Waals surface area contributed by atoms with Gasteiger partial charge in [0.15, 0.2) is 15.0 Å². The average Bonchev–Trinajstić information content (AvgIpc) is 3.29. The number of carbonyl (C=O) groups is 2. The van der Waals surface area contributed by atoms with Crippen LogP contribution in [0, 0.1) is 0 Å². The lowest BCUT2D eigenvalue weighted by molar-refractivity contribution is -0.114. The Labute approximate surface area is 165 Å². The molecular weight excluding hydrogens is 404 g/mol. The SMILES string of the molecule is CC(=O)Nc1nc(COC(=O)c2occc2CS(=O)(=O)c2ccccc2)cs1. The van der Waals surface area contributed by atoms with E-state index in [4.69, 9.17) is 9.15 Å². The molecular formula is C18H16N2O6S2. The maximum absolute atomic E-state index is 12.5. The van der Waals surface area contributed by atoms with Crippen molar-refractivity contribution in [3.05, 3.63) is 65.1 Å². The summed E-state index contributed by atoms with van der Waals surface area (Å²) in [6.07, 6.45) is 1.24. The summed E-state index contributed by atoms with van der Waals surface area (Å²) in [5, 5.41) is 4.57. The van der Waals surface area contributed by atoms with E-state index in [9.17, 15) is 18.0 Å². The van der Waals surface area contributed by atoms with Gasteiger partial charge in [-0.05, 0) is 18.2 Å². The first-order chi connectivity index (χ1) is 13.3. The van der Waals surface area contributed by atoms with Crippen LogP contribution in [0.4, 0.5) is 5.13 Å². The molecule has 28 heavy (non-hydrogen) atoms. The Morgan fingerprint density at radius 1 is 1.21 bits per heavy atom. The van der Waals surface area contributed by atoms with Gasteiger partial charge in [0.05, 0.1) is 22.6 Å². The van der Waals surface area contributed by atoms with Gasteiger partial charge in [0.25, 0.3) is 0 Å². The summed E-state index contributed by atoms with van der Waals surface area (Å²) >= 11 is 1.20. The van der Waals surface area contributed by atoms with Crippen molar-refractivity contribution in [2.45, 2.75) is 24.2 Å². The predicted molar refractivity (Wildman–Crippen MR) is 102 cm³/mol. The number of hydrogen-bond acceptors (Lipinski definition) is 8. The highest BCUT2D eigenvalue weighted by atomic mass is 32.2. The molecule has 0 aliphatic rings. The summed E-state index contributed by atoms with van der Waals surface area (Å²) in [6, 6.07) is 9.37. The van der Waals surface area contributed by atoms with Crippen molar-refractivity contribution in [3.8, 4) is 0 Å². The number of hydrogen-bond donors (Lipinski definition) is 1. The Bertz CT molecular complexity index is 1090. The summed E-state index contributed by atoms with van der Waals surface area (Å²) in [5.41, 5.74) is 0.665. The fraction of sp³-hybridized carbons (Fsp3) is 0.167. The molecule has 0 radical (unpaired) electrons. The highest BCUT2D eigenvalue weighted by Crippen LogP contribution is 2.21. The van der Waals surface area contributed by atoms with Crippen LogP contribution < -0.4 is 5.32 Å². The third-order valence-electron chi connectivity index (χ3n) is 3.57. The molecule has 8 nitrogen and oxygen atoms in total. The highest BCUT2D eigenvalue weighted by Gasteiger charge is 2.23. The van der Waals surface area contributed by atoms with Crippen LogP contribution in [0.1, 0.15) is 28.7 Å². The molecule has 1 N–H and O–H groups in total. The zero-order valence-corrected chi connectivity index (χ0v) is 16.4. The number of amides is 1. The lowest BCUT2D eigenvalue weighted by atomic mass is 10.3. The van der Waals surface area contributed by atoms with Gasteiger partial charge >= 0.3 is 5.97 Å². The molecule has 10 heteroatoms. The summed E-state index contributed by atoms with van der Waals surface area (Å²) in [6.45, 7) is 1.23.